The molecule has 0 rings (SSSR count). The first-order chi connectivity index (χ1) is 31.0. The van der Waals surface area contributed by atoms with Crippen molar-refractivity contribution in [2.24, 2.45) is 0 Å². The Morgan fingerprint density at radius 2 is 0.810 bits per heavy atom. The summed E-state index contributed by atoms with van der Waals surface area (Å²) < 4.78 is 5.94. The number of unbranched alkanes of at least 4 members (excludes halogenated alkanes) is 32. The molecule has 0 fully saturated rings. The standard InChI is InChI=1S/C57H107NO5/c1-4-7-10-13-16-19-21-23-25-27-28-29-31-33-35-38-41-44-47-50-57(62)63-53(48-45-42-39-37-34-32-30-26-24-22-20-17-14-11-8-5-2)51-56(61)58-54(52-59)55(60)49-46-43-40-36-18-15-12-9-6-3/h16,19,23,25,32,34,53-55,59-60H,4-15,17-18,20-22,24,26-31,33,35-52H2,1-3H3,(H,58,61)/b19-16-,25-23-,34-32+. The molecule has 0 aliphatic carbocycles. The first-order valence-corrected chi connectivity index (χ1v) is 27.7. The minimum Gasteiger partial charge on any atom is -0.462 e. The van der Waals surface area contributed by atoms with Gasteiger partial charge in [0.2, 0.25) is 5.91 Å². The first-order valence-electron chi connectivity index (χ1n) is 27.7. The van der Waals surface area contributed by atoms with Gasteiger partial charge in [-0.2, -0.15) is 0 Å². The molecule has 63 heavy (non-hydrogen) atoms. The van der Waals surface area contributed by atoms with Crippen LogP contribution in [0, 0.1) is 0 Å². The summed E-state index contributed by atoms with van der Waals surface area (Å²) >= 11 is 0. The van der Waals surface area contributed by atoms with Crippen LogP contribution in [0.2, 0.25) is 0 Å². The number of esters is 1. The van der Waals surface area contributed by atoms with E-state index in [-0.39, 0.29) is 24.9 Å². The van der Waals surface area contributed by atoms with Crippen LogP contribution in [0.25, 0.3) is 0 Å². The number of carbonyl (C=O) groups excluding carboxylic acids is 2. The summed E-state index contributed by atoms with van der Waals surface area (Å²) in [5, 5.41) is 23.7. The Balaban J connectivity index is 4.53. The van der Waals surface area contributed by atoms with Crippen LogP contribution < -0.4 is 5.32 Å². The van der Waals surface area contributed by atoms with Crippen molar-refractivity contribution in [1.29, 1.82) is 0 Å². The maximum absolute atomic E-state index is 13.2. The van der Waals surface area contributed by atoms with E-state index in [4.69, 9.17) is 4.74 Å². The molecule has 0 aliphatic rings. The molecule has 3 N–H and O–H groups in total. The zero-order valence-electron chi connectivity index (χ0n) is 42.2. The van der Waals surface area contributed by atoms with Crippen molar-refractivity contribution in [3.63, 3.8) is 0 Å². The Morgan fingerprint density at radius 3 is 1.27 bits per heavy atom. The van der Waals surface area contributed by atoms with E-state index in [0.29, 0.717) is 19.3 Å². The van der Waals surface area contributed by atoms with Crippen LogP contribution in [-0.2, 0) is 14.3 Å². The quantitative estimate of drug-likeness (QED) is 0.0321. The third-order valence-corrected chi connectivity index (χ3v) is 12.7. The highest BCUT2D eigenvalue weighted by molar-refractivity contribution is 5.77. The molecule has 0 aliphatic heterocycles. The summed E-state index contributed by atoms with van der Waals surface area (Å²) in [5.41, 5.74) is 0. The third kappa shape index (κ3) is 46.4. The number of rotatable bonds is 50. The van der Waals surface area contributed by atoms with Gasteiger partial charge in [-0.05, 0) is 83.5 Å². The molecular formula is C57H107NO5. The Morgan fingerprint density at radius 1 is 0.460 bits per heavy atom. The van der Waals surface area contributed by atoms with Gasteiger partial charge in [0.25, 0.3) is 0 Å². The van der Waals surface area contributed by atoms with E-state index in [2.05, 4.69) is 62.5 Å². The van der Waals surface area contributed by atoms with E-state index in [1.165, 1.54) is 173 Å². The molecule has 3 unspecified atom stereocenters. The van der Waals surface area contributed by atoms with E-state index >= 15 is 0 Å². The van der Waals surface area contributed by atoms with Crippen molar-refractivity contribution in [1.82, 2.24) is 5.32 Å². The van der Waals surface area contributed by atoms with Gasteiger partial charge in [0.05, 0.1) is 25.2 Å². The Labute approximate surface area is 392 Å². The van der Waals surface area contributed by atoms with Gasteiger partial charge in [-0.25, -0.2) is 0 Å². The van der Waals surface area contributed by atoms with Gasteiger partial charge in [0, 0.05) is 6.42 Å². The lowest BCUT2D eigenvalue weighted by Gasteiger charge is -2.24. The average Bonchev–Trinajstić information content (AvgIpc) is 3.28. The Hall–Kier alpha value is -1.92. The second kappa shape index (κ2) is 51.1. The minimum absolute atomic E-state index is 0.0679. The van der Waals surface area contributed by atoms with Gasteiger partial charge >= 0.3 is 5.97 Å². The number of allylic oxidation sites excluding steroid dienone is 6. The number of amides is 1. The van der Waals surface area contributed by atoms with Crippen LogP contribution in [0.15, 0.2) is 36.5 Å². The van der Waals surface area contributed by atoms with Crippen LogP contribution in [-0.4, -0.2) is 46.9 Å². The minimum atomic E-state index is -0.789. The predicted octanol–water partition coefficient (Wildman–Crippen LogP) is 16.8. The van der Waals surface area contributed by atoms with Crippen molar-refractivity contribution in [3.05, 3.63) is 36.5 Å². The number of hydrogen-bond acceptors (Lipinski definition) is 5. The summed E-state index contributed by atoms with van der Waals surface area (Å²) in [7, 11) is 0. The van der Waals surface area contributed by atoms with Crippen molar-refractivity contribution < 1.29 is 24.5 Å². The number of carbonyl (C=O) groups is 2. The fraction of sp³-hybridized carbons (Fsp3) is 0.860. The molecule has 0 aromatic heterocycles. The number of hydrogen-bond donors (Lipinski definition) is 3. The van der Waals surface area contributed by atoms with Crippen LogP contribution >= 0.6 is 0 Å². The third-order valence-electron chi connectivity index (χ3n) is 12.7. The second-order valence-corrected chi connectivity index (χ2v) is 19.0. The zero-order valence-corrected chi connectivity index (χ0v) is 42.2. The molecule has 1 amide bonds. The lowest BCUT2D eigenvalue weighted by atomic mass is 10.0. The molecule has 6 heteroatoms. The highest BCUT2D eigenvalue weighted by Gasteiger charge is 2.24. The van der Waals surface area contributed by atoms with Crippen molar-refractivity contribution in [2.45, 2.75) is 309 Å². The molecule has 370 valence electrons. The molecule has 0 spiro atoms. The average molecular weight is 886 g/mol. The van der Waals surface area contributed by atoms with E-state index in [0.717, 1.165) is 70.6 Å². The van der Waals surface area contributed by atoms with Gasteiger partial charge in [-0.15, -0.1) is 0 Å². The normalized spacial score (nSPS) is 13.4. The molecule has 0 saturated heterocycles. The fourth-order valence-corrected chi connectivity index (χ4v) is 8.46. The highest BCUT2D eigenvalue weighted by atomic mass is 16.5. The molecule has 0 heterocycles. The van der Waals surface area contributed by atoms with Gasteiger partial charge in [0.15, 0.2) is 0 Å². The van der Waals surface area contributed by atoms with Gasteiger partial charge in [-0.3, -0.25) is 9.59 Å². The first kappa shape index (κ1) is 61.1. The number of aliphatic hydroxyl groups excluding tert-OH is 2. The molecule has 0 saturated carbocycles. The summed E-state index contributed by atoms with van der Waals surface area (Å²) in [6.45, 7) is 6.46. The van der Waals surface area contributed by atoms with E-state index in [1.54, 1.807) is 0 Å². The van der Waals surface area contributed by atoms with Crippen molar-refractivity contribution in [3.8, 4) is 0 Å². The molecular weight excluding hydrogens is 779 g/mol. The maximum atomic E-state index is 13.2. The summed E-state index contributed by atoms with van der Waals surface area (Å²) in [4.78, 5) is 26.2. The largest absolute Gasteiger partial charge is 0.462 e. The smallest absolute Gasteiger partial charge is 0.306 e. The Bertz CT molecular complexity index is 1040. The number of nitrogens with one attached hydrogen (secondary N) is 1. The fourth-order valence-electron chi connectivity index (χ4n) is 8.46. The Kier molecular flexibility index (Phi) is 49.5. The van der Waals surface area contributed by atoms with Crippen LogP contribution in [0.3, 0.4) is 0 Å². The van der Waals surface area contributed by atoms with Crippen LogP contribution in [0.4, 0.5) is 0 Å². The van der Waals surface area contributed by atoms with E-state index in [1.807, 2.05) is 0 Å². The molecule has 0 aromatic carbocycles. The zero-order chi connectivity index (χ0) is 45.9. The summed E-state index contributed by atoms with van der Waals surface area (Å²) in [6.07, 6.45) is 60.7. The van der Waals surface area contributed by atoms with Crippen molar-refractivity contribution in [2.75, 3.05) is 6.61 Å². The summed E-state index contributed by atoms with van der Waals surface area (Å²) in [6, 6.07) is -0.704. The maximum Gasteiger partial charge on any atom is 0.306 e. The predicted molar refractivity (Wildman–Crippen MR) is 273 cm³/mol. The molecule has 6 nitrogen and oxygen atoms in total. The van der Waals surface area contributed by atoms with Crippen LogP contribution in [0.5, 0.6) is 0 Å². The molecule has 0 aromatic rings. The van der Waals surface area contributed by atoms with Crippen LogP contribution in [0.1, 0.15) is 290 Å². The number of aliphatic hydroxyl groups is 2. The molecule has 3 atom stereocenters. The molecule has 0 bridgehead atoms. The van der Waals surface area contributed by atoms with Crippen molar-refractivity contribution >= 4 is 11.9 Å². The monoisotopic (exact) mass is 886 g/mol. The second-order valence-electron chi connectivity index (χ2n) is 19.0. The van der Waals surface area contributed by atoms with Gasteiger partial charge in [-0.1, -0.05) is 231 Å². The summed E-state index contributed by atoms with van der Waals surface area (Å²) in [5.74, 6) is -0.483. The lowest BCUT2D eigenvalue weighted by molar-refractivity contribution is -0.151. The SMILES string of the molecule is CCCCC/C=C\C/C=C\CCCCCCCCCCCC(=O)OC(CCCCC/C=C/CCCCCCCCCCC)CC(=O)NC(CO)C(O)CCCCCCCCCCC. The van der Waals surface area contributed by atoms with E-state index in [9.17, 15) is 19.8 Å². The topological polar surface area (TPSA) is 95.9 Å². The molecule has 0 radical (unpaired) electrons. The van der Waals surface area contributed by atoms with Gasteiger partial charge < -0.3 is 20.3 Å². The lowest BCUT2D eigenvalue weighted by Crippen LogP contribution is -2.46. The van der Waals surface area contributed by atoms with Gasteiger partial charge in [0.1, 0.15) is 6.10 Å². The van der Waals surface area contributed by atoms with E-state index < -0.39 is 18.2 Å². The number of ether oxygens (including phenoxy) is 1. The highest BCUT2D eigenvalue weighted by Crippen LogP contribution is 2.18.